The van der Waals surface area contributed by atoms with Crippen molar-refractivity contribution in [2.24, 2.45) is 0 Å². The van der Waals surface area contributed by atoms with Crippen LogP contribution in [0.2, 0.25) is 0 Å². The number of ether oxygens (including phenoxy) is 1. The van der Waals surface area contributed by atoms with E-state index in [0.717, 1.165) is 5.01 Å². The summed E-state index contributed by atoms with van der Waals surface area (Å²) in [6.07, 6.45) is 0.804. The summed E-state index contributed by atoms with van der Waals surface area (Å²) in [6.45, 7) is 8.98. The topological polar surface area (TPSA) is 60.2 Å². The molecule has 0 aliphatic heterocycles. The van der Waals surface area contributed by atoms with Crippen LogP contribution in [0, 0.1) is 0 Å². The lowest BCUT2D eigenvalue weighted by atomic mass is 9.98. The summed E-state index contributed by atoms with van der Waals surface area (Å²) in [5.41, 5.74) is 1.28. The van der Waals surface area contributed by atoms with E-state index < -0.39 is 6.10 Å². The normalized spacial score (nSPS) is 13.5. The molecule has 0 saturated carbocycles. The molecule has 2 rings (SSSR count). The van der Waals surface area contributed by atoms with Crippen molar-refractivity contribution < 1.29 is 9.84 Å². The maximum atomic E-state index is 10.6. The summed E-state index contributed by atoms with van der Waals surface area (Å²) in [5.74, 6) is 0.588. The molecule has 0 radical (unpaired) electrons. The molecule has 1 N–H and O–H groups in total. The van der Waals surface area contributed by atoms with Crippen molar-refractivity contribution in [1.29, 1.82) is 0 Å². The molecule has 2 aromatic heterocycles. The number of aliphatic hydroxyl groups is 1. The Bertz CT molecular complexity index is 562. The van der Waals surface area contributed by atoms with Crippen molar-refractivity contribution in [1.82, 2.24) is 14.8 Å². The van der Waals surface area contributed by atoms with E-state index in [1.54, 1.807) is 29.3 Å². The molecule has 2 heterocycles. The van der Waals surface area contributed by atoms with E-state index in [0.29, 0.717) is 23.7 Å². The fourth-order valence-electron chi connectivity index (χ4n) is 1.96. The number of methoxy groups -OCH3 is 1. The molecule has 5 nitrogen and oxygen atoms in total. The van der Waals surface area contributed by atoms with Crippen LogP contribution in [0.3, 0.4) is 0 Å². The van der Waals surface area contributed by atoms with Crippen molar-refractivity contribution in [2.75, 3.05) is 7.11 Å². The Morgan fingerprint density at radius 2 is 2.15 bits per heavy atom. The molecule has 110 valence electrons. The molecule has 1 atom stereocenters. The van der Waals surface area contributed by atoms with Gasteiger partial charge in [0.05, 0.1) is 24.0 Å². The molecule has 6 heteroatoms. The molecule has 0 aliphatic rings. The molecule has 0 fully saturated rings. The van der Waals surface area contributed by atoms with Gasteiger partial charge in [0.1, 0.15) is 11.8 Å². The van der Waals surface area contributed by atoms with Crippen LogP contribution in [0.4, 0.5) is 0 Å². The van der Waals surface area contributed by atoms with Crippen LogP contribution in [0.25, 0.3) is 0 Å². The van der Waals surface area contributed by atoms with Crippen LogP contribution in [0.5, 0.6) is 5.75 Å². The minimum absolute atomic E-state index is 0.0161. The van der Waals surface area contributed by atoms with Crippen molar-refractivity contribution >= 4 is 11.3 Å². The van der Waals surface area contributed by atoms with E-state index in [4.69, 9.17) is 4.74 Å². The lowest BCUT2D eigenvalue weighted by Gasteiger charge is -2.15. The highest BCUT2D eigenvalue weighted by molar-refractivity contribution is 7.09. The van der Waals surface area contributed by atoms with E-state index in [9.17, 15) is 5.11 Å². The third-order valence-corrected chi connectivity index (χ3v) is 4.35. The number of nitrogens with zero attached hydrogens (tertiary/aromatic N) is 3. The smallest absolute Gasteiger partial charge is 0.163 e. The van der Waals surface area contributed by atoms with Gasteiger partial charge in [0.25, 0.3) is 0 Å². The van der Waals surface area contributed by atoms with Crippen molar-refractivity contribution in [3.63, 3.8) is 0 Å². The van der Waals surface area contributed by atoms with Gasteiger partial charge in [0.2, 0.25) is 0 Å². The monoisotopic (exact) mass is 295 g/mol. The number of thiazole rings is 1. The summed E-state index contributed by atoms with van der Waals surface area (Å²) in [6, 6.07) is 0. The van der Waals surface area contributed by atoms with Gasteiger partial charge >= 0.3 is 0 Å². The Kier molecular flexibility index (Phi) is 4.15. The second kappa shape index (κ2) is 5.54. The lowest BCUT2D eigenvalue weighted by molar-refractivity contribution is 0.198. The molecule has 0 bridgehead atoms. The minimum Gasteiger partial charge on any atom is -0.493 e. The molecule has 1 unspecified atom stereocenters. The fraction of sp³-hybridized carbons (Fsp3) is 0.571. The minimum atomic E-state index is -0.820. The maximum Gasteiger partial charge on any atom is 0.163 e. The first-order valence-electron chi connectivity index (χ1n) is 6.62. The van der Waals surface area contributed by atoms with Crippen molar-refractivity contribution in [3.05, 3.63) is 28.0 Å². The van der Waals surface area contributed by atoms with E-state index in [1.807, 2.05) is 12.3 Å². The molecule has 0 aliphatic carbocycles. The largest absolute Gasteiger partial charge is 0.493 e. The molecular formula is C14H21N3O2S. The van der Waals surface area contributed by atoms with E-state index >= 15 is 0 Å². The number of aliphatic hydroxyl groups excluding tert-OH is 1. The number of aromatic nitrogens is 3. The maximum absolute atomic E-state index is 10.6. The van der Waals surface area contributed by atoms with Crippen LogP contribution < -0.4 is 4.74 Å². The highest BCUT2D eigenvalue weighted by Crippen LogP contribution is 2.33. The van der Waals surface area contributed by atoms with Crippen LogP contribution in [-0.4, -0.2) is 27.0 Å². The van der Waals surface area contributed by atoms with Gasteiger partial charge in [-0.1, -0.05) is 20.8 Å². The first-order chi connectivity index (χ1) is 9.38. The van der Waals surface area contributed by atoms with Gasteiger partial charge in [-0.25, -0.2) is 4.98 Å². The number of aryl methyl sites for hydroxylation is 1. The summed E-state index contributed by atoms with van der Waals surface area (Å²) in [5, 5.41) is 17.7. The average Bonchev–Trinajstić information content (AvgIpc) is 3.03. The highest BCUT2D eigenvalue weighted by Gasteiger charge is 2.25. The van der Waals surface area contributed by atoms with Crippen LogP contribution in [-0.2, 0) is 12.0 Å². The number of rotatable bonds is 4. The zero-order chi connectivity index (χ0) is 14.9. The Labute approximate surface area is 123 Å². The van der Waals surface area contributed by atoms with Crippen LogP contribution in [0.1, 0.15) is 50.2 Å². The Morgan fingerprint density at radius 3 is 2.65 bits per heavy atom. The number of hydrogen-bond acceptors (Lipinski definition) is 5. The highest BCUT2D eigenvalue weighted by atomic mass is 32.1. The predicted molar refractivity (Wildman–Crippen MR) is 79.3 cm³/mol. The molecule has 0 saturated heterocycles. The van der Waals surface area contributed by atoms with E-state index in [-0.39, 0.29) is 5.41 Å². The van der Waals surface area contributed by atoms with Crippen molar-refractivity contribution in [2.45, 2.75) is 45.8 Å². The van der Waals surface area contributed by atoms with Crippen LogP contribution >= 0.6 is 11.3 Å². The second-order valence-electron chi connectivity index (χ2n) is 5.64. The quantitative estimate of drug-likeness (QED) is 0.942. The fourth-order valence-corrected chi connectivity index (χ4v) is 2.88. The van der Waals surface area contributed by atoms with Crippen LogP contribution in [0.15, 0.2) is 11.6 Å². The first kappa shape index (κ1) is 15.0. The van der Waals surface area contributed by atoms with Gasteiger partial charge in [0.15, 0.2) is 5.75 Å². The Balaban J connectivity index is 2.38. The zero-order valence-corrected chi connectivity index (χ0v) is 13.4. The molecule has 0 spiro atoms. The number of hydrogen-bond donors (Lipinski definition) is 1. The van der Waals surface area contributed by atoms with Gasteiger partial charge in [-0.2, -0.15) is 5.10 Å². The summed E-state index contributed by atoms with van der Waals surface area (Å²) in [7, 11) is 1.58. The summed E-state index contributed by atoms with van der Waals surface area (Å²) >= 11 is 1.57. The molecule has 0 amide bonds. The van der Waals surface area contributed by atoms with Gasteiger partial charge in [-0.15, -0.1) is 11.3 Å². The SMILES string of the molecule is CCn1ncc(OC)c1C(O)c1csc(C(C)(C)C)n1. The molecule has 0 aromatic carbocycles. The predicted octanol–water partition coefficient (Wildman–Crippen LogP) is 2.75. The van der Waals surface area contributed by atoms with Crippen molar-refractivity contribution in [3.8, 4) is 5.75 Å². The van der Waals surface area contributed by atoms with Gasteiger partial charge in [-0.3, -0.25) is 4.68 Å². The Hall–Kier alpha value is -1.40. The van der Waals surface area contributed by atoms with E-state index in [1.165, 1.54) is 0 Å². The standard InChI is InChI=1S/C14H21N3O2S/c1-6-17-11(10(19-5)7-15-17)12(18)9-8-20-13(16-9)14(2,3)4/h7-8,12,18H,6H2,1-5H3. The molecular weight excluding hydrogens is 274 g/mol. The average molecular weight is 295 g/mol. The third kappa shape index (κ3) is 2.71. The third-order valence-electron chi connectivity index (χ3n) is 3.07. The Morgan fingerprint density at radius 1 is 1.45 bits per heavy atom. The summed E-state index contributed by atoms with van der Waals surface area (Å²) in [4.78, 5) is 4.56. The van der Waals surface area contributed by atoms with E-state index in [2.05, 4.69) is 30.9 Å². The second-order valence-corrected chi connectivity index (χ2v) is 6.50. The van der Waals surface area contributed by atoms with Gasteiger partial charge in [-0.05, 0) is 6.92 Å². The molecule has 2 aromatic rings. The summed E-state index contributed by atoms with van der Waals surface area (Å²) < 4.78 is 7.01. The zero-order valence-electron chi connectivity index (χ0n) is 12.5. The van der Waals surface area contributed by atoms with Gasteiger partial charge < -0.3 is 9.84 Å². The molecule has 20 heavy (non-hydrogen) atoms. The lowest BCUT2D eigenvalue weighted by Crippen LogP contribution is -2.13. The first-order valence-corrected chi connectivity index (χ1v) is 7.50. The van der Waals surface area contributed by atoms with Gasteiger partial charge in [0, 0.05) is 17.3 Å².